The first-order valence-corrected chi connectivity index (χ1v) is 10.3. The largest absolute Gasteiger partial charge is 0.496 e. The Kier molecular flexibility index (Phi) is 6.89. The average molecular weight is 456 g/mol. The second kappa shape index (κ2) is 9.46. The maximum Gasteiger partial charge on any atom is 0.387 e. The number of allylic oxidation sites excluding steroid dienone is 5. The molecule has 0 aromatic heterocycles. The third kappa shape index (κ3) is 5.23. The van der Waals surface area contributed by atoms with Crippen molar-refractivity contribution in [2.75, 3.05) is 7.11 Å². The summed E-state index contributed by atoms with van der Waals surface area (Å²) in [6, 6.07) is 5.11. The Labute approximate surface area is 191 Å². The van der Waals surface area contributed by atoms with Crippen molar-refractivity contribution < 1.29 is 23.0 Å². The fraction of sp³-hybridized carbons (Fsp3) is 0.333. The standard InChI is InChI=1S/C24H26F2N4O3/c1-5-17(18-9-6-15(12-30(18)28)24(2,3)13-27)14-10-19(32-4)21(20(11-14)33-23(25)26)22(31)29-16-7-8-16/h5-6,9-12,16,23H,1,7-8,28H2,2-4H3,(H,29,31)/b18-17+. The van der Waals surface area contributed by atoms with E-state index in [1.807, 2.05) is 0 Å². The van der Waals surface area contributed by atoms with Crippen molar-refractivity contribution in [2.24, 2.45) is 11.3 Å². The van der Waals surface area contributed by atoms with E-state index in [1.54, 1.807) is 38.3 Å². The zero-order chi connectivity index (χ0) is 24.3. The lowest BCUT2D eigenvalue weighted by atomic mass is 9.84. The molecular formula is C24H26F2N4O3. The summed E-state index contributed by atoms with van der Waals surface area (Å²) in [4.78, 5) is 12.7. The van der Waals surface area contributed by atoms with Gasteiger partial charge in [-0.1, -0.05) is 18.7 Å². The van der Waals surface area contributed by atoms with Gasteiger partial charge in [0.1, 0.15) is 17.1 Å². The van der Waals surface area contributed by atoms with Crippen LogP contribution in [0.5, 0.6) is 11.5 Å². The first kappa shape index (κ1) is 24.0. The molecule has 1 fully saturated rings. The molecule has 3 N–H and O–H groups in total. The molecule has 33 heavy (non-hydrogen) atoms. The number of hydrogen-bond acceptors (Lipinski definition) is 6. The minimum Gasteiger partial charge on any atom is -0.496 e. The van der Waals surface area contributed by atoms with Crippen LogP contribution in [-0.4, -0.2) is 30.7 Å². The van der Waals surface area contributed by atoms with Crippen molar-refractivity contribution in [3.8, 4) is 17.6 Å². The van der Waals surface area contributed by atoms with Crippen LogP contribution < -0.4 is 20.6 Å². The van der Waals surface area contributed by atoms with Crippen LogP contribution in [0, 0.1) is 16.7 Å². The third-order valence-corrected chi connectivity index (χ3v) is 5.41. The number of rotatable bonds is 8. The number of nitrogens with zero attached hydrogens (tertiary/aromatic N) is 2. The molecule has 9 heteroatoms. The van der Waals surface area contributed by atoms with Gasteiger partial charge in [0, 0.05) is 17.8 Å². The van der Waals surface area contributed by atoms with Crippen LogP contribution in [0.15, 0.2) is 54.4 Å². The fourth-order valence-electron chi connectivity index (χ4n) is 3.35. The van der Waals surface area contributed by atoms with Gasteiger partial charge in [0.2, 0.25) is 0 Å². The molecular weight excluding hydrogens is 430 g/mol. The Balaban J connectivity index is 2.10. The molecule has 1 heterocycles. The lowest BCUT2D eigenvalue weighted by molar-refractivity contribution is -0.0502. The van der Waals surface area contributed by atoms with E-state index in [0.717, 1.165) is 12.8 Å². The Bertz CT molecular complexity index is 1100. The number of hydrazine groups is 1. The molecule has 0 spiro atoms. The zero-order valence-electron chi connectivity index (χ0n) is 18.7. The van der Waals surface area contributed by atoms with Crippen molar-refractivity contribution in [3.63, 3.8) is 0 Å². The van der Waals surface area contributed by atoms with E-state index in [2.05, 4.69) is 18.0 Å². The highest BCUT2D eigenvalue weighted by Gasteiger charge is 2.30. The molecule has 1 aliphatic carbocycles. The van der Waals surface area contributed by atoms with Crippen LogP contribution in [0.25, 0.3) is 5.57 Å². The van der Waals surface area contributed by atoms with E-state index >= 15 is 0 Å². The summed E-state index contributed by atoms with van der Waals surface area (Å²) in [5.74, 6) is 5.42. The molecule has 174 valence electrons. The van der Waals surface area contributed by atoms with Gasteiger partial charge in [0.05, 0.1) is 24.3 Å². The summed E-state index contributed by atoms with van der Waals surface area (Å²) in [6.45, 7) is 4.22. The number of amides is 1. The van der Waals surface area contributed by atoms with Crippen LogP contribution in [0.1, 0.15) is 42.6 Å². The number of nitriles is 1. The topological polar surface area (TPSA) is 101 Å². The molecule has 3 rings (SSSR count). The molecule has 0 unspecified atom stereocenters. The summed E-state index contributed by atoms with van der Waals surface area (Å²) < 4.78 is 36.4. The van der Waals surface area contributed by atoms with Crippen LogP contribution in [0.4, 0.5) is 8.78 Å². The number of nitrogens with two attached hydrogens (primary N) is 1. The first-order chi connectivity index (χ1) is 15.6. The van der Waals surface area contributed by atoms with E-state index < -0.39 is 17.9 Å². The van der Waals surface area contributed by atoms with Gasteiger partial charge in [0.15, 0.2) is 0 Å². The predicted molar refractivity (Wildman–Crippen MR) is 120 cm³/mol. The highest BCUT2D eigenvalue weighted by molar-refractivity contribution is 6.01. The van der Waals surface area contributed by atoms with E-state index in [-0.39, 0.29) is 23.1 Å². The van der Waals surface area contributed by atoms with Gasteiger partial charge in [-0.3, -0.25) is 9.80 Å². The van der Waals surface area contributed by atoms with Crippen LogP contribution in [-0.2, 0) is 0 Å². The zero-order valence-corrected chi connectivity index (χ0v) is 18.7. The second-order valence-corrected chi connectivity index (χ2v) is 8.24. The Morgan fingerprint density at radius 2 is 2.03 bits per heavy atom. The van der Waals surface area contributed by atoms with Gasteiger partial charge in [-0.15, -0.1) is 0 Å². The van der Waals surface area contributed by atoms with E-state index in [0.29, 0.717) is 22.4 Å². The molecule has 1 amide bonds. The van der Waals surface area contributed by atoms with Gasteiger partial charge in [-0.2, -0.15) is 14.0 Å². The number of nitrogens with one attached hydrogen (secondary N) is 1. The Morgan fingerprint density at radius 3 is 2.55 bits per heavy atom. The summed E-state index contributed by atoms with van der Waals surface area (Å²) in [5.41, 5.74) is 1.24. The number of halogens is 2. The van der Waals surface area contributed by atoms with Crippen molar-refractivity contribution in [1.82, 2.24) is 10.3 Å². The number of hydrogen-bond donors (Lipinski definition) is 2. The van der Waals surface area contributed by atoms with Crippen LogP contribution in [0.3, 0.4) is 0 Å². The summed E-state index contributed by atoms with van der Waals surface area (Å²) >= 11 is 0. The van der Waals surface area contributed by atoms with Crippen molar-refractivity contribution in [1.29, 1.82) is 5.26 Å². The molecule has 1 aromatic rings. The monoisotopic (exact) mass is 456 g/mol. The number of benzene rings is 1. The van der Waals surface area contributed by atoms with Crippen molar-refractivity contribution in [3.05, 3.63) is 65.5 Å². The fourth-order valence-corrected chi connectivity index (χ4v) is 3.35. The van der Waals surface area contributed by atoms with Gasteiger partial charge in [-0.25, -0.2) is 5.84 Å². The minimum atomic E-state index is -3.14. The molecule has 2 aliphatic rings. The van der Waals surface area contributed by atoms with Gasteiger partial charge in [0.25, 0.3) is 5.91 Å². The van der Waals surface area contributed by atoms with Gasteiger partial charge < -0.3 is 14.8 Å². The third-order valence-electron chi connectivity index (χ3n) is 5.41. The first-order valence-electron chi connectivity index (χ1n) is 10.3. The lowest BCUT2D eigenvalue weighted by Crippen LogP contribution is -2.29. The quantitative estimate of drug-likeness (QED) is 0.567. The number of ether oxygens (including phenoxy) is 2. The number of alkyl halides is 2. The van der Waals surface area contributed by atoms with Crippen molar-refractivity contribution >= 4 is 11.5 Å². The van der Waals surface area contributed by atoms with Crippen molar-refractivity contribution in [2.45, 2.75) is 39.3 Å². The molecule has 0 bridgehead atoms. The average Bonchev–Trinajstić information content (AvgIpc) is 3.58. The smallest absolute Gasteiger partial charge is 0.387 e. The van der Waals surface area contributed by atoms with Crippen LogP contribution in [0.2, 0.25) is 0 Å². The molecule has 0 radical (unpaired) electrons. The molecule has 0 atom stereocenters. The van der Waals surface area contributed by atoms with Gasteiger partial charge in [-0.05, 0) is 56.0 Å². The van der Waals surface area contributed by atoms with Gasteiger partial charge >= 0.3 is 6.61 Å². The van der Waals surface area contributed by atoms with E-state index in [9.17, 15) is 18.8 Å². The highest BCUT2D eigenvalue weighted by atomic mass is 19.3. The molecule has 0 saturated heterocycles. The maximum absolute atomic E-state index is 13.2. The Hall–Kier alpha value is -3.64. The summed E-state index contributed by atoms with van der Waals surface area (Å²) in [7, 11) is 1.34. The summed E-state index contributed by atoms with van der Waals surface area (Å²) in [6.07, 6.45) is 8.27. The lowest BCUT2D eigenvalue weighted by Gasteiger charge is -2.27. The number of carbonyl (C=O) groups excluding carboxylic acids is 1. The van der Waals surface area contributed by atoms with E-state index in [1.165, 1.54) is 24.3 Å². The second-order valence-electron chi connectivity index (χ2n) is 8.24. The maximum atomic E-state index is 13.2. The number of methoxy groups -OCH3 is 1. The summed E-state index contributed by atoms with van der Waals surface area (Å²) in [5, 5.41) is 13.5. The molecule has 1 saturated carbocycles. The Morgan fingerprint density at radius 1 is 1.36 bits per heavy atom. The molecule has 1 aliphatic heterocycles. The van der Waals surface area contributed by atoms with E-state index in [4.69, 9.17) is 15.3 Å². The normalized spacial score (nSPS) is 17.3. The predicted octanol–water partition coefficient (Wildman–Crippen LogP) is 4.27. The highest BCUT2D eigenvalue weighted by Crippen LogP contribution is 2.38. The SMILES string of the molecule is C=C/C(=C1/C=CC(C(C)(C)C#N)=CN1N)c1cc(OC)c(C(=O)NC2CC2)c(OC(F)F)c1. The minimum absolute atomic E-state index is 0.0176. The molecule has 7 nitrogen and oxygen atoms in total. The number of carbonyl (C=O) groups is 1. The molecule has 1 aromatic carbocycles. The van der Waals surface area contributed by atoms with Crippen LogP contribution >= 0.6 is 0 Å².